The van der Waals surface area contributed by atoms with Gasteiger partial charge >= 0.3 is 0 Å². The molecule has 1 fully saturated rings. The highest BCUT2D eigenvalue weighted by Gasteiger charge is 2.18. The van der Waals surface area contributed by atoms with Gasteiger partial charge in [0.05, 0.1) is 0 Å². The first-order chi connectivity index (χ1) is 7.25. The zero-order valence-electron chi connectivity index (χ0n) is 8.91. The van der Waals surface area contributed by atoms with Gasteiger partial charge in [0.1, 0.15) is 5.82 Å². The second-order valence-electron chi connectivity index (χ2n) is 3.93. The molecular weight excluding hydrogens is 229 g/mol. The molecule has 1 aromatic carbocycles. The van der Waals surface area contributed by atoms with Gasteiger partial charge in [-0.3, -0.25) is 4.79 Å². The van der Waals surface area contributed by atoms with E-state index in [0.717, 1.165) is 19.4 Å². The normalized spacial score (nSPS) is 19.2. The lowest BCUT2D eigenvalue weighted by Crippen LogP contribution is -2.24. The number of halogens is 2. The van der Waals surface area contributed by atoms with Crippen molar-refractivity contribution < 1.29 is 9.18 Å². The third kappa shape index (κ3) is 3.29. The Kier molecular flexibility index (Phi) is 4.90. The van der Waals surface area contributed by atoms with Gasteiger partial charge in [0.15, 0.2) is 5.78 Å². The first-order valence-electron chi connectivity index (χ1n) is 5.28. The molecular formula is C12H15ClFNO. The van der Waals surface area contributed by atoms with Crippen molar-refractivity contribution in [2.75, 3.05) is 6.54 Å². The Morgan fingerprint density at radius 3 is 2.62 bits per heavy atom. The van der Waals surface area contributed by atoms with E-state index in [9.17, 15) is 9.18 Å². The van der Waals surface area contributed by atoms with Gasteiger partial charge < -0.3 is 5.32 Å². The van der Waals surface area contributed by atoms with Crippen molar-refractivity contribution in [3.8, 4) is 0 Å². The lowest BCUT2D eigenvalue weighted by Gasteiger charge is -2.08. The van der Waals surface area contributed by atoms with Gasteiger partial charge in [0, 0.05) is 18.0 Å². The van der Waals surface area contributed by atoms with Crippen molar-refractivity contribution in [1.82, 2.24) is 5.32 Å². The van der Waals surface area contributed by atoms with Crippen LogP contribution in [0.25, 0.3) is 0 Å². The summed E-state index contributed by atoms with van der Waals surface area (Å²) in [6.45, 7) is 1.00. The van der Waals surface area contributed by atoms with E-state index in [1.807, 2.05) is 0 Å². The minimum atomic E-state index is -0.300. The van der Waals surface area contributed by atoms with Crippen molar-refractivity contribution >= 4 is 18.2 Å². The van der Waals surface area contributed by atoms with Crippen LogP contribution < -0.4 is 5.32 Å². The van der Waals surface area contributed by atoms with Gasteiger partial charge in [0.25, 0.3) is 0 Å². The SMILES string of the molecule is Cl.O=C(CC1CCCN1)c1ccc(F)cc1. The molecule has 4 heteroatoms. The minimum Gasteiger partial charge on any atom is -0.314 e. The Hall–Kier alpha value is -0.930. The van der Waals surface area contributed by atoms with E-state index in [-0.39, 0.29) is 24.0 Å². The summed E-state index contributed by atoms with van der Waals surface area (Å²) in [6, 6.07) is 6.06. The average molecular weight is 244 g/mol. The highest BCUT2D eigenvalue weighted by atomic mass is 35.5. The van der Waals surface area contributed by atoms with Crippen molar-refractivity contribution in [1.29, 1.82) is 0 Å². The predicted molar refractivity (Wildman–Crippen MR) is 63.6 cm³/mol. The largest absolute Gasteiger partial charge is 0.314 e. The van der Waals surface area contributed by atoms with Crippen LogP contribution in [0.5, 0.6) is 0 Å². The van der Waals surface area contributed by atoms with Gasteiger partial charge in [-0.25, -0.2) is 4.39 Å². The zero-order valence-corrected chi connectivity index (χ0v) is 9.73. The van der Waals surface area contributed by atoms with Gasteiger partial charge in [-0.15, -0.1) is 12.4 Å². The Morgan fingerprint density at radius 1 is 1.38 bits per heavy atom. The van der Waals surface area contributed by atoms with E-state index in [1.165, 1.54) is 12.1 Å². The fourth-order valence-electron chi connectivity index (χ4n) is 1.91. The molecule has 2 nitrogen and oxygen atoms in total. The molecule has 1 saturated heterocycles. The van der Waals surface area contributed by atoms with Crippen molar-refractivity contribution in [2.24, 2.45) is 0 Å². The van der Waals surface area contributed by atoms with Crippen LogP contribution in [0, 0.1) is 5.82 Å². The number of hydrogen-bond acceptors (Lipinski definition) is 2. The molecule has 0 spiro atoms. The van der Waals surface area contributed by atoms with E-state index in [2.05, 4.69) is 5.32 Å². The summed E-state index contributed by atoms with van der Waals surface area (Å²) in [5.74, 6) is -0.208. The van der Waals surface area contributed by atoms with Crippen LogP contribution >= 0.6 is 12.4 Å². The monoisotopic (exact) mass is 243 g/mol. The molecule has 0 amide bonds. The first kappa shape index (κ1) is 13.1. The minimum absolute atomic E-state index is 0. The number of nitrogens with one attached hydrogen (secondary N) is 1. The Balaban J connectivity index is 0.00000128. The molecule has 2 rings (SSSR count). The summed E-state index contributed by atoms with van der Waals surface area (Å²) >= 11 is 0. The molecule has 1 unspecified atom stereocenters. The quantitative estimate of drug-likeness (QED) is 0.827. The third-order valence-electron chi connectivity index (χ3n) is 2.76. The summed E-state index contributed by atoms with van der Waals surface area (Å²) in [5, 5.41) is 3.27. The molecule has 1 atom stereocenters. The molecule has 0 aliphatic carbocycles. The Morgan fingerprint density at radius 2 is 2.06 bits per heavy atom. The maximum atomic E-state index is 12.6. The number of Topliss-reactive ketones (excluding diaryl/α,β-unsaturated/α-hetero) is 1. The van der Waals surface area contributed by atoms with Crippen molar-refractivity contribution in [3.05, 3.63) is 35.6 Å². The van der Waals surface area contributed by atoms with Crippen LogP contribution in [-0.2, 0) is 0 Å². The van der Waals surface area contributed by atoms with Crippen LogP contribution in [0.15, 0.2) is 24.3 Å². The van der Waals surface area contributed by atoms with Gasteiger partial charge in [0.2, 0.25) is 0 Å². The van der Waals surface area contributed by atoms with Crippen LogP contribution in [-0.4, -0.2) is 18.4 Å². The first-order valence-corrected chi connectivity index (χ1v) is 5.28. The van der Waals surface area contributed by atoms with Gasteiger partial charge in [-0.05, 0) is 43.7 Å². The molecule has 16 heavy (non-hydrogen) atoms. The zero-order chi connectivity index (χ0) is 10.7. The van der Waals surface area contributed by atoms with Crippen molar-refractivity contribution in [3.63, 3.8) is 0 Å². The molecule has 88 valence electrons. The topological polar surface area (TPSA) is 29.1 Å². The maximum absolute atomic E-state index is 12.6. The van der Waals surface area contributed by atoms with E-state index >= 15 is 0 Å². The van der Waals surface area contributed by atoms with Crippen LogP contribution in [0.4, 0.5) is 4.39 Å². The molecule has 1 aromatic rings. The van der Waals surface area contributed by atoms with E-state index in [4.69, 9.17) is 0 Å². The van der Waals surface area contributed by atoms with Crippen LogP contribution in [0.2, 0.25) is 0 Å². The number of rotatable bonds is 3. The fourth-order valence-corrected chi connectivity index (χ4v) is 1.91. The summed E-state index contributed by atoms with van der Waals surface area (Å²) in [5.41, 5.74) is 0.602. The van der Waals surface area contributed by atoms with Gasteiger partial charge in [-0.1, -0.05) is 0 Å². The van der Waals surface area contributed by atoms with Crippen LogP contribution in [0.1, 0.15) is 29.6 Å². The number of benzene rings is 1. The molecule has 1 aliphatic rings. The van der Waals surface area contributed by atoms with Crippen molar-refractivity contribution in [2.45, 2.75) is 25.3 Å². The smallest absolute Gasteiger partial charge is 0.164 e. The standard InChI is InChI=1S/C12H14FNO.ClH/c13-10-5-3-9(4-6-10)12(15)8-11-2-1-7-14-11;/h3-6,11,14H,1-2,7-8H2;1H. The predicted octanol–water partition coefficient (Wildman–Crippen LogP) is 2.57. The molecule has 0 radical (unpaired) electrons. The lowest BCUT2D eigenvalue weighted by molar-refractivity contribution is 0.0971. The van der Waals surface area contributed by atoms with Gasteiger partial charge in [-0.2, -0.15) is 0 Å². The fraction of sp³-hybridized carbons (Fsp3) is 0.417. The summed E-state index contributed by atoms with van der Waals surface area (Å²) < 4.78 is 12.6. The number of ketones is 1. The number of carbonyl (C=O) groups excluding carboxylic acids is 1. The van der Waals surface area contributed by atoms with E-state index in [0.29, 0.717) is 18.0 Å². The average Bonchev–Trinajstić information content (AvgIpc) is 2.71. The van der Waals surface area contributed by atoms with Crippen LogP contribution in [0.3, 0.4) is 0 Å². The molecule has 1 aliphatic heterocycles. The molecule has 1 N–H and O–H groups in total. The number of hydrogen-bond donors (Lipinski definition) is 1. The van der Waals surface area contributed by atoms with E-state index in [1.54, 1.807) is 12.1 Å². The molecule has 0 aromatic heterocycles. The highest BCUT2D eigenvalue weighted by molar-refractivity contribution is 5.96. The summed E-state index contributed by atoms with van der Waals surface area (Å²) in [7, 11) is 0. The molecule has 0 bridgehead atoms. The second-order valence-corrected chi connectivity index (χ2v) is 3.93. The summed E-state index contributed by atoms with van der Waals surface area (Å²) in [6.07, 6.45) is 2.72. The maximum Gasteiger partial charge on any atom is 0.164 e. The Bertz CT molecular complexity index is 347. The highest BCUT2D eigenvalue weighted by Crippen LogP contribution is 2.13. The Labute approximate surface area is 101 Å². The molecule has 0 saturated carbocycles. The second kappa shape index (κ2) is 5.97. The lowest BCUT2D eigenvalue weighted by atomic mass is 10.0. The summed E-state index contributed by atoms with van der Waals surface area (Å²) in [4.78, 5) is 11.7. The van der Waals surface area contributed by atoms with E-state index < -0.39 is 0 Å². The number of carbonyl (C=O) groups is 1. The third-order valence-corrected chi connectivity index (χ3v) is 2.76. The molecule has 1 heterocycles.